The van der Waals surface area contributed by atoms with E-state index in [-0.39, 0.29) is 18.3 Å². The van der Waals surface area contributed by atoms with Crippen molar-refractivity contribution in [3.63, 3.8) is 0 Å². The predicted octanol–water partition coefficient (Wildman–Crippen LogP) is 1.96. The molecule has 1 unspecified atom stereocenters. The summed E-state index contributed by atoms with van der Waals surface area (Å²) >= 11 is 0. The number of aliphatic carboxylic acids is 1. The van der Waals surface area contributed by atoms with E-state index in [0.717, 1.165) is 5.56 Å². The molecule has 0 aliphatic rings. The zero-order valence-corrected chi connectivity index (χ0v) is 11.9. The van der Waals surface area contributed by atoms with Gasteiger partial charge in [-0.05, 0) is 25.5 Å². The van der Waals surface area contributed by atoms with Crippen molar-refractivity contribution in [2.45, 2.75) is 20.8 Å². The third-order valence-corrected chi connectivity index (χ3v) is 3.03. The Hall–Kier alpha value is -2.24. The molecule has 0 aromatic heterocycles. The highest BCUT2D eigenvalue weighted by molar-refractivity contribution is 5.93. The molecule has 0 aliphatic heterocycles. The van der Waals surface area contributed by atoms with Crippen LogP contribution in [0.3, 0.4) is 0 Å². The highest BCUT2D eigenvalue weighted by atomic mass is 16.4. The summed E-state index contributed by atoms with van der Waals surface area (Å²) in [5.41, 5.74) is 1.46. The molecule has 6 heteroatoms. The number of aromatic hydroxyl groups is 1. The molecule has 0 fully saturated rings. The van der Waals surface area contributed by atoms with E-state index in [0.29, 0.717) is 12.2 Å². The fourth-order valence-electron chi connectivity index (χ4n) is 1.74. The SMILES string of the molecule is CCN(C(=O)NCC(C)C(=O)O)c1cc(O)ccc1C. The molecule has 0 radical (unpaired) electrons. The normalized spacial score (nSPS) is 11.8. The van der Waals surface area contributed by atoms with Crippen LogP contribution in [0, 0.1) is 12.8 Å². The molecular formula is C14H20N2O4. The molecule has 0 spiro atoms. The summed E-state index contributed by atoms with van der Waals surface area (Å²) in [6, 6.07) is 4.41. The van der Waals surface area contributed by atoms with Crippen LogP contribution in [0.4, 0.5) is 10.5 Å². The van der Waals surface area contributed by atoms with E-state index in [1.807, 2.05) is 13.8 Å². The summed E-state index contributed by atoms with van der Waals surface area (Å²) in [7, 11) is 0. The van der Waals surface area contributed by atoms with Crippen LogP contribution >= 0.6 is 0 Å². The second-order valence-corrected chi connectivity index (χ2v) is 4.64. The first kappa shape index (κ1) is 15.8. The molecule has 0 heterocycles. The number of urea groups is 1. The lowest BCUT2D eigenvalue weighted by atomic mass is 10.1. The minimum Gasteiger partial charge on any atom is -0.508 e. The zero-order valence-electron chi connectivity index (χ0n) is 11.9. The number of hydrogen-bond donors (Lipinski definition) is 3. The number of phenolic OH excluding ortho intramolecular Hbond substituents is 1. The lowest BCUT2D eigenvalue weighted by molar-refractivity contribution is -0.140. The van der Waals surface area contributed by atoms with Crippen molar-refractivity contribution in [3.05, 3.63) is 23.8 Å². The number of amides is 2. The van der Waals surface area contributed by atoms with Crippen LogP contribution in [0.1, 0.15) is 19.4 Å². The molecule has 110 valence electrons. The number of carboxylic acid groups (broad SMARTS) is 1. The number of aryl methyl sites for hydroxylation is 1. The van der Waals surface area contributed by atoms with E-state index in [9.17, 15) is 14.7 Å². The Kier molecular flexibility index (Phi) is 5.37. The number of nitrogens with one attached hydrogen (secondary N) is 1. The molecule has 1 aromatic rings. The fourth-order valence-corrected chi connectivity index (χ4v) is 1.74. The Bertz CT molecular complexity index is 502. The maximum atomic E-state index is 12.1. The number of anilines is 1. The molecule has 1 atom stereocenters. The molecule has 2 amide bonds. The molecule has 3 N–H and O–H groups in total. The van der Waals surface area contributed by atoms with Gasteiger partial charge in [0, 0.05) is 19.2 Å². The Morgan fingerprint density at radius 1 is 1.40 bits per heavy atom. The summed E-state index contributed by atoms with van der Waals surface area (Å²) in [6.45, 7) is 5.65. The first-order valence-electron chi connectivity index (χ1n) is 6.44. The van der Waals surface area contributed by atoms with Crippen LogP contribution in [-0.4, -0.2) is 35.3 Å². The fraction of sp³-hybridized carbons (Fsp3) is 0.429. The van der Waals surface area contributed by atoms with Gasteiger partial charge in [0.05, 0.1) is 11.6 Å². The van der Waals surface area contributed by atoms with Crippen molar-refractivity contribution in [2.24, 2.45) is 5.92 Å². The van der Waals surface area contributed by atoms with Crippen molar-refractivity contribution < 1.29 is 19.8 Å². The third-order valence-electron chi connectivity index (χ3n) is 3.03. The smallest absolute Gasteiger partial charge is 0.321 e. The summed E-state index contributed by atoms with van der Waals surface area (Å²) in [5.74, 6) is -1.53. The van der Waals surface area contributed by atoms with E-state index < -0.39 is 11.9 Å². The number of nitrogens with zero attached hydrogens (tertiary/aromatic N) is 1. The monoisotopic (exact) mass is 280 g/mol. The molecule has 1 aromatic carbocycles. The topological polar surface area (TPSA) is 89.9 Å². The van der Waals surface area contributed by atoms with Crippen LogP contribution in [0.15, 0.2) is 18.2 Å². The summed E-state index contributed by atoms with van der Waals surface area (Å²) in [4.78, 5) is 24.3. The first-order chi connectivity index (χ1) is 9.36. The van der Waals surface area contributed by atoms with Crippen LogP contribution in [-0.2, 0) is 4.79 Å². The summed E-state index contributed by atoms with van der Waals surface area (Å²) in [5, 5.41) is 20.9. The zero-order chi connectivity index (χ0) is 15.3. The number of carbonyl (C=O) groups excluding carboxylic acids is 1. The van der Waals surface area contributed by atoms with Gasteiger partial charge in [-0.3, -0.25) is 9.69 Å². The van der Waals surface area contributed by atoms with Gasteiger partial charge in [-0.15, -0.1) is 0 Å². The minimum absolute atomic E-state index is 0.0581. The molecule has 6 nitrogen and oxygen atoms in total. The van der Waals surface area contributed by atoms with Crippen molar-refractivity contribution >= 4 is 17.7 Å². The average Bonchev–Trinajstić information content (AvgIpc) is 2.40. The van der Waals surface area contributed by atoms with E-state index >= 15 is 0 Å². The Morgan fingerprint density at radius 3 is 2.60 bits per heavy atom. The van der Waals surface area contributed by atoms with Crippen LogP contribution in [0.2, 0.25) is 0 Å². The van der Waals surface area contributed by atoms with E-state index in [4.69, 9.17) is 5.11 Å². The molecule has 20 heavy (non-hydrogen) atoms. The summed E-state index contributed by atoms with van der Waals surface area (Å²) < 4.78 is 0. The van der Waals surface area contributed by atoms with Crippen molar-refractivity contribution in [1.29, 1.82) is 0 Å². The van der Waals surface area contributed by atoms with Crippen LogP contribution < -0.4 is 10.2 Å². The Morgan fingerprint density at radius 2 is 2.05 bits per heavy atom. The molecule has 0 saturated heterocycles. The number of rotatable bonds is 5. The van der Waals surface area contributed by atoms with Gasteiger partial charge in [0.15, 0.2) is 0 Å². The van der Waals surface area contributed by atoms with E-state index in [1.165, 1.54) is 17.9 Å². The number of hydrogen-bond acceptors (Lipinski definition) is 3. The van der Waals surface area contributed by atoms with Crippen molar-refractivity contribution in [3.8, 4) is 5.75 Å². The maximum absolute atomic E-state index is 12.1. The van der Waals surface area contributed by atoms with Gasteiger partial charge < -0.3 is 15.5 Å². The highest BCUT2D eigenvalue weighted by Gasteiger charge is 2.18. The highest BCUT2D eigenvalue weighted by Crippen LogP contribution is 2.24. The van der Waals surface area contributed by atoms with Gasteiger partial charge >= 0.3 is 12.0 Å². The van der Waals surface area contributed by atoms with Crippen molar-refractivity contribution in [2.75, 3.05) is 18.0 Å². The first-order valence-corrected chi connectivity index (χ1v) is 6.44. The molecular weight excluding hydrogens is 260 g/mol. The number of carboxylic acids is 1. The van der Waals surface area contributed by atoms with Gasteiger partial charge in [-0.1, -0.05) is 13.0 Å². The number of phenols is 1. The van der Waals surface area contributed by atoms with Crippen LogP contribution in [0.25, 0.3) is 0 Å². The van der Waals surface area contributed by atoms with E-state index in [1.54, 1.807) is 12.1 Å². The van der Waals surface area contributed by atoms with Crippen LogP contribution in [0.5, 0.6) is 5.75 Å². The standard InChI is InChI=1S/C14H20N2O4/c1-4-16(12-7-11(17)6-5-9(12)2)14(20)15-8-10(3)13(18)19/h5-7,10,17H,4,8H2,1-3H3,(H,15,20)(H,18,19). The molecule has 1 rings (SSSR count). The molecule has 0 aliphatic carbocycles. The Balaban J connectivity index is 2.82. The van der Waals surface area contributed by atoms with Gasteiger partial charge in [0.2, 0.25) is 0 Å². The summed E-state index contributed by atoms with van der Waals surface area (Å²) in [6.07, 6.45) is 0. The second-order valence-electron chi connectivity index (χ2n) is 4.64. The molecule has 0 saturated carbocycles. The van der Waals surface area contributed by atoms with Crippen molar-refractivity contribution in [1.82, 2.24) is 5.32 Å². The van der Waals surface area contributed by atoms with Gasteiger partial charge in [-0.25, -0.2) is 4.79 Å². The van der Waals surface area contributed by atoms with E-state index in [2.05, 4.69) is 5.32 Å². The Labute approximate surface area is 118 Å². The maximum Gasteiger partial charge on any atom is 0.321 e. The number of carbonyl (C=O) groups is 2. The minimum atomic E-state index is -0.957. The number of benzene rings is 1. The van der Waals surface area contributed by atoms with Gasteiger partial charge in [0.1, 0.15) is 5.75 Å². The third kappa shape index (κ3) is 3.88. The van der Waals surface area contributed by atoms with Gasteiger partial charge in [-0.2, -0.15) is 0 Å². The second kappa shape index (κ2) is 6.79. The quantitative estimate of drug-likeness (QED) is 0.769. The lowest BCUT2D eigenvalue weighted by Crippen LogP contribution is -2.42. The molecule has 0 bridgehead atoms. The van der Waals surface area contributed by atoms with Gasteiger partial charge in [0.25, 0.3) is 0 Å². The lowest BCUT2D eigenvalue weighted by Gasteiger charge is -2.24. The largest absolute Gasteiger partial charge is 0.508 e. The predicted molar refractivity (Wildman–Crippen MR) is 76.1 cm³/mol. The average molecular weight is 280 g/mol.